The van der Waals surface area contributed by atoms with E-state index in [1.165, 1.54) is 5.56 Å². The Labute approximate surface area is 189 Å². The van der Waals surface area contributed by atoms with Crippen LogP contribution in [0.5, 0.6) is 0 Å². The molecule has 3 rings (SSSR count). The van der Waals surface area contributed by atoms with Crippen LogP contribution in [0.15, 0.2) is 71.6 Å². The van der Waals surface area contributed by atoms with Crippen molar-refractivity contribution in [2.24, 2.45) is 0 Å². The van der Waals surface area contributed by atoms with Gasteiger partial charge in [-0.05, 0) is 55.3 Å². The highest BCUT2D eigenvalue weighted by molar-refractivity contribution is 7.93. The molecule has 0 aliphatic heterocycles. The number of rotatable bonds is 10. The highest BCUT2D eigenvalue weighted by Gasteiger charge is 2.35. The zero-order valence-electron chi connectivity index (χ0n) is 17.6. The minimum absolute atomic E-state index is 0.150. The number of halogens is 1. The Morgan fingerprint density at radius 1 is 0.935 bits per heavy atom. The van der Waals surface area contributed by atoms with E-state index in [-0.39, 0.29) is 17.9 Å². The Hall–Kier alpha value is -2.37. The molecular formula is C25H27ClO4S. The molecule has 0 heterocycles. The lowest BCUT2D eigenvalue weighted by Gasteiger charge is -2.18. The lowest BCUT2D eigenvalue weighted by Crippen LogP contribution is -2.32. The van der Waals surface area contributed by atoms with Gasteiger partial charge in [-0.2, -0.15) is 0 Å². The summed E-state index contributed by atoms with van der Waals surface area (Å²) in [5, 5.41) is 0.963. The predicted molar refractivity (Wildman–Crippen MR) is 125 cm³/mol. The van der Waals surface area contributed by atoms with Gasteiger partial charge < -0.3 is 4.74 Å². The molecule has 164 valence electrons. The van der Waals surface area contributed by atoms with Crippen LogP contribution in [0.4, 0.5) is 0 Å². The molecule has 0 radical (unpaired) electrons. The standard InChI is InChI=1S/C25H27ClO4S/c1-2-30-25(27)24(13-5-3-4-9-19-15-17-21(26)18-16-19)31(28,29)23-14-8-11-20-10-6-7-12-22(20)23/h6-8,10-12,14-18,24H,2-5,9,13H2,1H3. The van der Waals surface area contributed by atoms with Gasteiger partial charge in [0.25, 0.3) is 0 Å². The number of hydrogen-bond donors (Lipinski definition) is 0. The maximum absolute atomic E-state index is 13.5. The molecule has 0 saturated carbocycles. The summed E-state index contributed by atoms with van der Waals surface area (Å²) in [7, 11) is -3.88. The van der Waals surface area contributed by atoms with Gasteiger partial charge in [0.15, 0.2) is 15.1 Å². The maximum Gasteiger partial charge on any atom is 0.324 e. The van der Waals surface area contributed by atoms with Crippen LogP contribution in [0.2, 0.25) is 5.02 Å². The Morgan fingerprint density at radius 2 is 1.65 bits per heavy atom. The zero-order chi connectivity index (χ0) is 22.3. The molecule has 0 amide bonds. The number of ether oxygens (including phenoxy) is 1. The van der Waals surface area contributed by atoms with Crippen molar-refractivity contribution in [3.8, 4) is 0 Å². The lowest BCUT2D eigenvalue weighted by atomic mass is 10.1. The van der Waals surface area contributed by atoms with Gasteiger partial charge in [-0.25, -0.2) is 8.42 Å². The van der Waals surface area contributed by atoms with E-state index in [9.17, 15) is 13.2 Å². The SMILES string of the molecule is CCOC(=O)C(CCCCCc1ccc(Cl)cc1)S(=O)(=O)c1cccc2ccccc12. The quantitative estimate of drug-likeness (QED) is 0.276. The van der Waals surface area contributed by atoms with Crippen LogP contribution in [0.1, 0.15) is 38.2 Å². The monoisotopic (exact) mass is 458 g/mol. The third kappa shape index (κ3) is 5.86. The first-order valence-electron chi connectivity index (χ1n) is 10.6. The van der Waals surface area contributed by atoms with Gasteiger partial charge in [-0.15, -0.1) is 0 Å². The van der Waals surface area contributed by atoms with E-state index >= 15 is 0 Å². The summed E-state index contributed by atoms with van der Waals surface area (Å²) < 4.78 is 32.1. The molecule has 0 spiro atoms. The van der Waals surface area contributed by atoms with Crippen molar-refractivity contribution >= 4 is 38.2 Å². The summed E-state index contributed by atoms with van der Waals surface area (Å²) in [6.07, 6.45) is 3.48. The minimum atomic E-state index is -3.88. The zero-order valence-corrected chi connectivity index (χ0v) is 19.2. The number of sulfone groups is 1. The fourth-order valence-corrected chi connectivity index (χ4v) is 5.71. The van der Waals surface area contributed by atoms with Crippen LogP contribution in [-0.2, 0) is 25.8 Å². The average molecular weight is 459 g/mol. The first-order chi connectivity index (χ1) is 14.9. The molecule has 0 aliphatic rings. The fraction of sp³-hybridized carbons (Fsp3) is 0.320. The third-order valence-corrected chi connectivity index (χ3v) is 7.72. The summed E-state index contributed by atoms with van der Waals surface area (Å²) in [6, 6.07) is 20.2. The van der Waals surface area contributed by atoms with Crippen LogP contribution in [0.3, 0.4) is 0 Å². The predicted octanol–water partition coefficient (Wildman–Crippen LogP) is 6.00. The van der Waals surface area contributed by atoms with Gasteiger partial charge in [0.2, 0.25) is 0 Å². The van der Waals surface area contributed by atoms with Gasteiger partial charge in [-0.3, -0.25) is 4.79 Å². The van der Waals surface area contributed by atoms with Gasteiger partial charge in [0, 0.05) is 10.4 Å². The second-order valence-corrected chi connectivity index (χ2v) is 10.0. The van der Waals surface area contributed by atoms with Crippen LogP contribution in [0.25, 0.3) is 10.8 Å². The number of esters is 1. The number of aryl methyl sites for hydroxylation is 1. The molecule has 0 N–H and O–H groups in total. The van der Waals surface area contributed by atoms with E-state index in [1.54, 1.807) is 31.2 Å². The van der Waals surface area contributed by atoms with E-state index in [0.717, 1.165) is 24.6 Å². The smallest absolute Gasteiger partial charge is 0.324 e. The molecule has 4 nitrogen and oxygen atoms in total. The number of carbonyl (C=O) groups excluding carboxylic acids is 1. The molecule has 0 fully saturated rings. The summed E-state index contributed by atoms with van der Waals surface area (Å²) >= 11 is 5.91. The maximum atomic E-state index is 13.5. The molecule has 3 aromatic rings. The summed E-state index contributed by atoms with van der Waals surface area (Å²) in [4.78, 5) is 12.8. The Kier molecular flexibility index (Phi) is 8.10. The number of hydrogen-bond acceptors (Lipinski definition) is 4. The first-order valence-corrected chi connectivity index (χ1v) is 12.5. The molecule has 1 unspecified atom stereocenters. The van der Waals surface area contributed by atoms with Crippen molar-refractivity contribution < 1.29 is 17.9 Å². The summed E-state index contributed by atoms with van der Waals surface area (Å²) in [6.45, 7) is 1.84. The normalized spacial score (nSPS) is 12.6. The molecule has 0 aromatic heterocycles. The molecule has 0 saturated heterocycles. The van der Waals surface area contributed by atoms with Crippen LogP contribution in [0, 0.1) is 0 Å². The van der Waals surface area contributed by atoms with E-state index in [2.05, 4.69) is 0 Å². The minimum Gasteiger partial charge on any atom is -0.465 e. The number of fused-ring (bicyclic) bond motifs is 1. The second-order valence-electron chi connectivity index (χ2n) is 7.49. The van der Waals surface area contributed by atoms with Crippen molar-refractivity contribution in [2.75, 3.05) is 6.61 Å². The molecular weight excluding hydrogens is 432 g/mol. The highest BCUT2D eigenvalue weighted by atomic mass is 35.5. The van der Waals surface area contributed by atoms with Crippen LogP contribution < -0.4 is 0 Å². The molecule has 31 heavy (non-hydrogen) atoms. The van der Waals surface area contributed by atoms with E-state index in [1.807, 2.05) is 42.5 Å². The molecule has 3 aromatic carbocycles. The summed E-state index contributed by atoms with van der Waals surface area (Å²) in [5.74, 6) is -0.673. The Balaban J connectivity index is 1.72. The first kappa shape index (κ1) is 23.3. The largest absolute Gasteiger partial charge is 0.465 e. The molecule has 1 atom stereocenters. The second kappa shape index (κ2) is 10.8. The number of unbranched alkanes of at least 4 members (excludes halogenated alkanes) is 2. The topological polar surface area (TPSA) is 60.4 Å². The van der Waals surface area contributed by atoms with Crippen molar-refractivity contribution in [1.82, 2.24) is 0 Å². The highest BCUT2D eigenvalue weighted by Crippen LogP contribution is 2.28. The number of carbonyl (C=O) groups is 1. The number of benzene rings is 3. The van der Waals surface area contributed by atoms with Crippen LogP contribution in [-0.4, -0.2) is 26.2 Å². The van der Waals surface area contributed by atoms with Crippen molar-refractivity contribution in [1.29, 1.82) is 0 Å². The van der Waals surface area contributed by atoms with Crippen molar-refractivity contribution in [2.45, 2.75) is 49.2 Å². The van der Waals surface area contributed by atoms with Gasteiger partial charge >= 0.3 is 5.97 Å². The molecule has 0 aliphatic carbocycles. The van der Waals surface area contributed by atoms with Gasteiger partial charge in [0.1, 0.15) is 0 Å². The van der Waals surface area contributed by atoms with Crippen molar-refractivity contribution in [3.05, 3.63) is 77.3 Å². The van der Waals surface area contributed by atoms with Crippen molar-refractivity contribution in [3.63, 3.8) is 0 Å². The van der Waals surface area contributed by atoms with Gasteiger partial charge in [0.05, 0.1) is 11.5 Å². The molecule has 0 bridgehead atoms. The lowest BCUT2D eigenvalue weighted by molar-refractivity contribution is -0.142. The third-order valence-electron chi connectivity index (χ3n) is 5.33. The Bertz CT molecular complexity index is 1120. The van der Waals surface area contributed by atoms with E-state index < -0.39 is 21.1 Å². The average Bonchev–Trinajstić information content (AvgIpc) is 2.77. The molecule has 6 heteroatoms. The summed E-state index contributed by atoms with van der Waals surface area (Å²) in [5.41, 5.74) is 1.19. The van der Waals surface area contributed by atoms with Crippen LogP contribution >= 0.6 is 11.6 Å². The van der Waals surface area contributed by atoms with Gasteiger partial charge in [-0.1, -0.05) is 73.0 Å². The fourth-order valence-electron chi connectivity index (χ4n) is 3.72. The Morgan fingerprint density at radius 3 is 2.39 bits per heavy atom. The van der Waals surface area contributed by atoms with E-state index in [0.29, 0.717) is 16.8 Å². The van der Waals surface area contributed by atoms with E-state index in [4.69, 9.17) is 16.3 Å².